The Labute approximate surface area is 69.1 Å². The van der Waals surface area contributed by atoms with Crippen LogP contribution in [0.1, 0.15) is 0 Å². The van der Waals surface area contributed by atoms with Crippen LogP contribution >= 0.6 is 0 Å². The summed E-state index contributed by atoms with van der Waals surface area (Å²) >= 11 is -0.184. The van der Waals surface area contributed by atoms with Crippen LogP contribution < -0.4 is 0 Å². The molecule has 0 aromatic carbocycles. The van der Waals surface area contributed by atoms with E-state index in [1.807, 2.05) is 12.2 Å². The van der Waals surface area contributed by atoms with Gasteiger partial charge in [0.25, 0.3) is 0 Å². The topological polar surface area (TPSA) is 31.5 Å². The molecule has 0 aromatic heterocycles. The van der Waals surface area contributed by atoms with E-state index in [-0.39, 0.29) is 39.3 Å². The summed E-state index contributed by atoms with van der Waals surface area (Å²) in [7, 11) is 0. The molecular formula is C6H12CaO. The third kappa shape index (κ3) is 9.85. The summed E-state index contributed by atoms with van der Waals surface area (Å²) in [6, 6.07) is 0. The Bertz CT molecular complexity index is 53.5. The summed E-state index contributed by atoms with van der Waals surface area (Å²) in [5, 5.41) is 0. The zero-order chi connectivity index (χ0) is 5.54. The van der Waals surface area contributed by atoms with E-state index in [1.54, 1.807) is 0 Å². The molecule has 0 aliphatic heterocycles. The summed E-state index contributed by atoms with van der Waals surface area (Å²) in [6.45, 7) is 7.29. The first-order valence-electron chi connectivity index (χ1n) is 2.63. The van der Waals surface area contributed by atoms with Gasteiger partial charge in [-0.1, -0.05) is 0 Å². The fourth-order valence-electron chi connectivity index (χ4n) is 0.407. The van der Waals surface area contributed by atoms with E-state index < -0.39 is 0 Å². The van der Waals surface area contributed by atoms with Crippen molar-refractivity contribution in [2.45, 2.75) is 5.04 Å². The Morgan fingerprint density at radius 3 is 1.75 bits per heavy atom. The van der Waals surface area contributed by atoms with E-state index in [2.05, 4.69) is 13.2 Å². The molecule has 0 bridgehead atoms. The number of rotatable bonds is 4. The summed E-state index contributed by atoms with van der Waals surface area (Å²) in [5.74, 6) is 0. The predicted octanol–water partition coefficient (Wildman–Crippen LogP) is 1.07. The molecule has 8 heavy (non-hydrogen) atoms. The van der Waals surface area contributed by atoms with Crippen molar-refractivity contribution in [2.24, 2.45) is 0 Å². The molecule has 2 heteroatoms. The molecule has 0 rings (SSSR count). The molecule has 0 saturated carbocycles. The quantitative estimate of drug-likeness (QED) is 0.318. The van der Waals surface area contributed by atoms with Crippen molar-refractivity contribution in [1.82, 2.24) is 0 Å². The fraction of sp³-hybridized carbons (Fsp3) is 0.333. The largest absolute Gasteiger partial charge is 0.412 e. The van der Waals surface area contributed by atoms with Gasteiger partial charge in [-0.05, 0) is 0 Å². The van der Waals surface area contributed by atoms with Crippen LogP contribution in [0.15, 0.2) is 25.3 Å². The van der Waals surface area contributed by atoms with Crippen LogP contribution in [0.25, 0.3) is 0 Å². The van der Waals surface area contributed by atoms with E-state index >= 15 is 0 Å². The van der Waals surface area contributed by atoms with E-state index in [9.17, 15) is 0 Å². The number of hydrogen-bond donors (Lipinski definition) is 0. The fourth-order valence-corrected chi connectivity index (χ4v) is 1.68. The van der Waals surface area contributed by atoms with Gasteiger partial charge in [-0.2, -0.15) is 0 Å². The molecule has 0 unspecified atom stereocenters. The third-order valence-corrected chi connectivity index (χ3v) is 3.37. The van der Waals surface area contributed by atoms with E-state index in [4.69, 9.17) is 0 Å². The second kappa shape index (κ2) is 10.6. The minimum Gasteiger partial charge on any atom is -0.412 e. The molecule has 0 amide bonds. The van der Waals surface area contributed by atoms with Crippen molar-refractivity contribution in [3.05, 3.63) is 25.3 Å². The van der Waals surface area contributed by atoms with Gasteiger partial charge in [-0.15, -0.1) is 0 Å². The molecule has 0 radical (unpaired) electrons. The Balaban J connectivity index is 0. The number of allylic oxidation sites excluding steroid dienone is 2. The van der Waals surface area contributed by atoms with Crippen LogP contribution in [-0.4, -0.2) is 39.3 Å². The van der Waals surface area contributed by atoms with Gasteiger partial charge in [0.2, 0.25) is 0 Å². The molecule has 0 spiro atoms. The molecule has 0 aliphatic rings. The van der Waals surface area contributed by atoms with Crippen molar-refractivity contribution in [3.63, 3.8) is 0 Å². The zero-order valence-electron chi connectivity index (χ0n) is 5.19. The van der Waals surface area contributed by atoms with Gasteiger partial charge in [0.1, 0.15) is 0 Å². The Hall–Kier alpha value is 0.700. The average Bonchev–Trinajstić information content (AvgIpc) is 1.69. The summed E-state index contributed by atoms with van der Waals surface area (Å²) in [5.41, 5.74) is 0. The van der Waals surface area contributed by atoms with Gasteiger partial charge >= 0.3 is 64.2 Å². The Morgan fingerprint density at radius 2 is 1.50 bits per heavy atom. The first-order chi connectivity index (χ1) is 3.41. The summed E-state index contributed by atoms with van der Waals surface area (Å²) in [4.78, 5) is 0. The molecule has 2 N–H and O–H groups in total. The van der Waals surface area contributed by atoms with Crippen molar-refractivity contribution in [3.8, 4) is 0 Å². The van der Waals surface area contributed by atoms with Gasteiger partial charge in [0.15, 0.2) is 0 Å². The number of hydrogen-bond acceptors (Lipinski definition) is 0. The van der Waals surface area contributed by atoms with Crippen LogP contribution in [-0.2, 0) is 0 Å². The molecule has 0 atom stereocenters. The first kappa shape index (κ1) is 11.5. The van der Waals surface area contributed by atoms with E-state index in [0.29, 0.717) is 0 Å². The molecule has 44 valence electrons. The Kier molecular flexibility index (Phi) is 15.3. The monoisotopic (exact) mass is 140 g/mol. The van der Waals surface area contributed by atoms with Crippen molar-refractivity contribution in [1.29, 1.82) is 0 Å². The van der Waals surface area contributed by atoms with Gasteiger partial charge in [0, 0.05) is 0 Å². The standard InChI is InChI=1S/2C3H5.Ca.H2O/c2*1-3-2;;/h2*3H,1-2H2;;1H2. The predicted molar refractivity (Wildman–Crippen MR) is 39.4 cm³/mol. The summed E-state index contributed by atoms with van der Waals surface area (Å²) in [6.07, 6.45) is 4.03. The zero-order valence-corrected chi connectivity index (χ0v) is 7.40. The maximum atomic E-state index is 3.65. The summed E-state index contributed by atoms with van der Waals surface area (Å²) < 4.78 is 2.61. The van der Waals surface area contributed by atoms with E-state index in [0.717, 1.165) is 0 Å². The molecule has 0 aliphatic carbocycles. The van der Waals surface area contributed by atoms with Crippen molar-refractivity contribution >= 4 is 33.8 Å². The molecular weight excluding hydrogens is 128 g/mol. The van der Waals surface area contributed by atoms with Crippen LogP contribution in [0.2, 0.25) is 5.04 Å². The smallest absolute Gasteiger partial charge is 0.412 e. The van der Waals surface area contributed by atoms with Crippen LogP contribution in [0.4, 0.5) is 0 Å². The van der Waals surface area contributed by atoms with Gasteiger partial charge < -0.3 is 5.48 Å². The second-order valence-corrected chi connectivity index (χ2v) is 4.42. The maximum Gasteiger partial charge on any atom is -0.412 e. The van der Waals surface area contributed by atoms with E-state index in [1.165, 1.54) is 5.04 Å². The second-order valence-electron chi connectivity index (χ2n) is 1.51. The van der Waals surface area contributed by atoms with Gasteiger partial charge in [0.05, 0.1) is 0 Å². The van der Waals surface area contributed by atoms with Crippen LogP contribution in [0.3, 0.4) is 0 Å². The minimum absolute atomic E-state index is 0. The minimum atomic E-state index is -0.184. The first-order valence-corrected chi connectivity index (χ1v) is 5.76. The van der Waals surface area contributed by atoms with Gasteiger partial charge in [-0.3, -0.25) is 0 Å². The SMILES string of the molecule is C=C[CH2][Ca][CH2]C=C.O. The molecule has 1 nitrogen and oxygen atoms in total. The normalized spacial score (nSPS) is 6.00. The molecule has 0 saturated heterocycles. The maximum absolute atomic E-state index is 3.65. The molecule has 0 aromatic rings. The third-order valence-electron chi connectivity index (χ3n) is 0.816. The van der Waals surface area contributed by atoms with Crippen molar-refractivity contribution < 1.29 is 5.48 Å². The van der Waals surface area contributed by atoms with Crippen molar-refractivity contribution in [2.75, 3.05) is 0 Å². The van der Waals surface area contributed by atoms with Crippen LogP contribution in [0, 0.1) is 0 Å². The molecule has 0 heterocycles. The Morgan fingerprint density at radius 1 is 1.12 bits per heavy atom. The average molecular weight is 140 g/mol. The molecule has 0 fully saturated rings. The van der Waals surface area contributed by atoms with Gasteiger partial charge in [-0.25, -0.2) is 0 Å². The van der Waals surface area contributed by atoms with Crippen LogP contribution in [0.5, 0.6) is 0 Å².